The normalized spacial score (nSPS) is 14.0. The van der Waals surface area contributed by atoms with E-state index in [9.17, 15) is 20.1 Å². The van der Waals surface area contributed by atoms with Gasteiger partial charge in [0.25, 0.3) is 0 Å². The average molecular weight is 514 g/mol. The van der Waals surface area contributed by atoms with Gasteiger partial charge in [0.15, 0.2) is 0 Å². The molecule has 3 atom stereocenters. The Balaban J connectivity index is 3.72. The molecule has 0 bridgehead atoms. The first kappa shape index (κ1) is 35.4. The zero-order valence-electron chi connectivity index (χ0n) is 24.2. The van der Waals surface area contributed by atoms with E-state index in [1.807, 2.05) is 0 Å². The Morgan fingerprint density at radius 2 is 0.944 bits per heavy atom. The van der Waals surface area contributed by atoms with E-state index in [1.165, 1.54) is 103 Å². The van der Waals surface area contributed by atoms with Gasteiger partial charge < -0.3 is 20.6 Å². The van der Waals surface area contributed by atoms with Gasteiger partial charge >= 0.3 is 0 Å². The lowest BCUT2D eigenvalue weighted by molar-refractivity contribution is -0.124. The molecule has 3 unspecified atom stereocenters. The van der Waals surface area contributed by atoms with Crippen LogP contribution < -0.4 is 5.32 Å². The molecular formula is C31H63NO4. The third-order valence-electron chi connectivity index (χ3n) is 7.46. The van der Waals surface area contributed by atoms with E-state index < -0.39 is 18.2 Å². The minimum absolute atomic E-state index is 0.149. The minimum atomic E-state index is -1.13. The van der Waals surface area contributed by atoms with Crippen molar-refractivity contribution in [2.24, 2.45) is 0 Å². The number of aliphatic hydroxyl groups is 3. The van der Waals surface area contributed by atoms with E-state index in [0.717, 1.165) is 38.5 Å². The van der Waals surface area contributed by atoms with Crippen LogP contribution in [0.15, 0.2) is 0 Å². The monoisotopic (exact) mass is 513 g/mol. The summed E-state index contributed by atoms with van der Waals surface area (Å²) in [6.45, 7) is 4.13. The fourth-order valence-corrected chi connectivity index (χ4v) is 4.92. The van der Waals surface area contributed by atoms with Crippen LogP contribution in [0.25, 0.3) is 0 Å². The first-order valence-corrected chi connectivity index (χ1v) is 15.8. The molecule has 0 rings (SSSR count). The lowest BCUT2D eigenvalue weighted by atomic mass is 9.99. The molecule has 0 spiro atoms. The zero-order chi connectivity index (χ0) is 26.7. The molecule has 5 nitrogen and oxygen atoms in total. The molecule has 5 heteroatoms. The molecule has 0 saturated carbocycles. The van der Waals surface area contributed by atoms with Gasteiger partial charge in [-0.15, -0.1) is 0 Å². The molecule has 0 aromatic heterocycles. The van der Waals surface area contributed by atoms with Crippen LogP contribution in [-0.2, 0) is 4.79 Å². The Kier molecular flexibility index (Phi) is 26.9. The lowest BCUT2D eigenvalue weighted by Crippen LogP contribution is -2.50. The van der Waals surface area contributed by atoms with Crippen LogP contribution in [0, 0.1) is 0 Å². The van der Waals surface area contributed by atoms with Crippen molar-refractivity contribution in [1.29, 1.82) is 0 Å². The number of aliphatic hydroxyl groups excluding tert-OH is 3. The number of amides is 1. The largest absolute Gasteiger partial charge is 0.394 e. The number of carbonyl (C=O) groups excluding carboxylic acids is 1. The SMILES string of the molecule is CCCCCCCCCCCCCCCC(O)C(O)C(CO)NC(=O)CCCCCCCCCCC. The second-order valence-electron chi connectivity index (χ2n) is 11.0. The Hall–Kier alpha value is -0.650. The molecule has 0 aromatic carbocycles. The number of carbonyl (C=O) groups is 1. The maximum Gasteiger partial charge on any atom is 0.220 e. The quantitative estimate of drug-likeness (QED) is 0.0811. The van der Waals surface area contributed by atoms with Crippen LogP contribution in [0.1, 0.15) is 168 Å². The highest BCUT2D eigenvalue weighted by Gasteiger charge is 2.26. The summed E-state index contributed by atoms with van der Waals surface area (Å²) in [6, 6.07) is -0.798. The van der Waals surface area contributed by atoms with E-state index in [0.29, 0.717) is 12.8 Å². The highest BCUT2D eigenvalue weighted by molar-refractivity contribution is 5.76. The van der Waals surface area contributed by atoms with Crippen LogP contribution in [0.2, 0.25) is 0 Å². The summed E-state index contributed by atoms with van der Waals surface area (Å²) in [5.41, 5.74) is 0. The molecule has 0 radical (unpaired) electrons. The molecule has 0 aliphatic rings. The van der Waals surface area contributed by atoms with Crippen molar-refractivity contribution in [3.63, 3.8) is 0 Å². The predicted octanol–water partition coefficient (Wildman–Crippen LogP) is 7.59. The van der Waals surface area contributed by atoms with Crippen molar-refractivity contribution in [2.75, 3.05) is 6.61 Å². The standard InChI is InChI=1S/C31H63NO4/c1-3-5-7-9-11-13-14-15-16-18-19-21-23-25-29(34)31(36)28(27-33)32-30(35)26-24-22-20-17-12-10-8-6-4-2/h28-29,31,33-34,36H,3-27H2,1-2H3,(H,32,35). The van der Waals surface area contributed by atoms with Crippen LogP contribution in [0.3, 0.4) is 0 Å². The average Bonchev–Trinajstić information content (AvgIpc) is 2.88. The summed E-state index contributed by atoms with van der Waals surface area (Å²) in [7, 11) is 0. The number of hydrogen-bond donors (Lipinski definition) is 4. The van der Waals surface area contributed by atoms with Gasteiger partial charge in [-0.3, -0.25) is 4.79 Å². The molecule has 0 heterocycles. The lowest BCUT2D eigenvalue weighted by Gasteiger charge is -2.26. The van der Waals surface area contributed by atoms with E-state index >= 15 is 0 Å². The first-order chi connectivity index (χ1) is 17.6. The van der Waals surface area contributed by atoms with Gasteiger partial charge in [0.05, 0.1) is 18.8 Å². The van der Waals surface area contributed by atoms with Crippen molar-refractivity contribution in [1.82, 2.24) is 5.32 Å². The van der Waals surface area contributed by atoms with Gasteiger partial charge in [-0.05, 0) is 12.8 Å². The Morgan fingerprint density at radius 1 is 0.583 bits per heavy atom. The number of unbranched alkanes of at least 4 members (excludes halogenated alkanes) is 20. The molecule has 0 aromatic rings. The summed E-state index contributed by atoms with van der Waals surface area (Å²) >= 11 is 0. The molecule has 0 fully saturated rings. The Labute approximate surface area is 224 Å². The first-order valence-electron chi connectivity index (χ1n) is 15.8. The van der Waals surface area contributed by atoms with Gasteiger partial charge in [-0.2, -0.15) is 0 Å². The third kappa shape index (κ3) is 22.5. The second kappa shape index (κ2) is 27.4. The summed E-state index contributed by atoms with van der Waals surface area (Å²) in [5.74, 6) is -0.149. The predicted molar refractivity (Wildman–Crippen MR) is 153 cm³/mol. The minimum Gasteiger partial charge on any atom is -0.394 e. The van der Waals surface area contributed by atoms with Gasteiger partial charge in [0, 0.05) is 6.42 Å². The van der Waals surface area contributed by atoms with Crippen molar-refractivity contribution >= 4 is 5.91 Å². The summed E-state index contributed by atoms with van der Waals surface area (Å²) in [5, 5.41) is 33.1. The van der Waals surface area contributed by atoms with E-state index in [4.69, 9.17) is 0 Å². The van der Waals surface area contributed by atoms with Crippen LogP contribution in [0.5, 0.6) is 0 Å². The van der Waals surface area contributed by atoms with Gasteiger partial charge in [0.2, 0.25) is 5.91 Å². The highest BCUT2D eigenvalue weighted by Crippen LogP contribution is 2.15. The van der Waals surface area contributed by atoms with E-state index in [-0.39, 0.29) is 12.5 Å². The summed E-state index contributed by atoms with van der Waals surface area (Å²) < 4.78 is 0. The molecule has 4 N–H and O–H groups in total. The van der Waals surface area contributed by atoms with Crippen molar-refractivity contribution in [3.8, 4) is 0 Å². The third-order valence-corrected chi connectivity index (χ3v) is 7.46. The topological polar surface area (TPSA) is 89.8 Å². The smallest absolute Gasteiger partial charge is 0.220 e. The van der Waals surface area contributed by atoms with E-state index in [2.05, 4.69) is 19.2 Å². The number of hydrogen-bond acceptors (Lipinski definition) is 4. The molecule has 36 heavy (non-hydrogen) atoms. The van der Waals surface area contributed by atoms with Crippen LogP contribution >= 0.6 is 0 Å². The molecular weight excluding hydrogens is 450 g/mol. The Morgan fingerprint density at radius 3 is 1.33 bits per heavy atom. The highest BCUT2D eigenvalue weighted by atomic mass is 16.3. The fraction of sp³-hybridized carbons (Fsp3) is 0.968. The summed E-state index contributed by atoms with van der Waals surface area (Å²) in [4.78, 5) is 12.2. The van der Waals surface area contributed by atoms with E-state index in [1.54, 1.807) is 0 Å². The van der Waals surface area contributed by atoms with Crippen molar-refractivity contribution in [3.05, 3.63) is 0 Å². The number of nitrogens with one attached hydrogen (secondary N) is 1. The van der Waals surface area contributed by atoms with Crippen LogP contribution in [0.4, 0.5) is 0 Å². The fourth-order valence-electron chi connectivity index (χ4n) is 4.92. The number of rotatable bonds is 28. The van der Waals surface area contributed by atoms with Crippen molar-refractivity contribution in [2.45, 2.75) is 186 Å². The molecule has 216 valence electrons. The second-order valence-corrected chi connectivity index (χ2v) is 11.0. The van der Waals surface area contributed by atoms with Crippen molar-refractivity contribution < 1.29 is 20.1 Å². The van der Waals surface area contributed by atoms with Gasteiger partial charge in [0.1, 0.15) is 6.10 Å². The maximum atomic E-state index is 12.2. The summed E-state index contributed by atoms with van der Waals surface area (Å²) in [6.07, 6.45) is 26.2. The zero-order valence-corrected chi connectivity index (χ0v) is 24.2. The molecule has 0 aliphatic heterocycles. The van der Waals surface area contributed by atoms with Crippen LogP contribution in [-0.4, -0.2) is 46.1 Å². The molecule has 0 aliphatic carbocycles. The molecule has 1 amide bonds. The van der Waals surface area contributed by atoms with Gasteiger partial charge in [-0.25, -0.2) is 0 Å². The van der Waals surface area contributed by atoms with Gasteiger partial charge in [-0.1, -0.05) is 149 Å². The molecule has 0 saturated heterocycles. The maximum absolute atomic E-state index is 12.2. The Bertz CT molecular complexity index is 460.